The lowest BCUT2D eigenvalue weighted by molar-refractivity contribution is 0.496. The van der Waals surface area contributed by atoms with Gasteiger partial charge >= 0.3 is 0 Å². The van der Waals surface area contributed by atoms with Gasteiger partial charge in [0.05, 0.1) is 12.0 Å². The van der Waals surface area contributed by atoms with Crippen LogP contribution < -0.4 is 10.2 Å². The van der Waals surface area contributed by atoms with Gasteiger partial charge < -0.3 is 14.6 Å². The van der Waals surface area contributed by atoms with Crippen molar-refractivity contribution in [3.63, 3.8) is 0 Å². The Morgan fingerprint density at radius 3 is 3.25 bits per heavy atom. The molecule has 1 atom stereocenters. The number of rotatable bonds is 1. The van der Waals surface area contributed by atoms with Crippen LogP contribution in [0.3, 0.4) is 0 Å². The van der Waals surface area contributed by atoms with Crippen LogP contribution in [-0.4, -0.2) is 25.7 Å². The summed E-state index contributed by atoms with van der Waals surface area (Å²) in [4.78, 5) is 2.36. The summed E-state index contributed by atoms with van der Waals surface area (Å²) >= 11 is 0. The van der Waals surface area contributed by atoms with Gasteiger partial charge in [-0.15, -0.1) is 0 Å². The molecular formula is C9H14N2O. The van der Waals surface area contributed by atoms with E-state index in [1.165, 1.54) is 5.69 Å². The van der Waals surface area contributed by atoms with Gasteiger partial charge in [-0.1, -0.05) is 0 Å². The second kappa shape index (κ2) is 3.19. The summed E-state index contributed by atoms with van der Waals surface area (Å²) in [7, 11) is 0. The molecule has 0 amide bonds. The Morgan fingerprint density at radius 2 is 2.58 bits per heavy atom. The third-order valence-electron chi connectivity index (χ3n) is 2.34. The van der Waals surface area contributed by atoms with E-state index in [4.69, 9.17) is 4.42 Å². The Bertz CT molecular complexity index is 233. The van der Waals surface area contributed by atoms with Crippen LogP contribution in [0.2, 0.25) is 0 Å². The van der Waals surface area contributed by atoms with Crippen molar-refractivity contribution in [2.45, 2.75) is 13.0 Å². The average Bonchev–Trinajstić information content (AvgIpc) is 2.57. The minimum Gasteiger partial charge on any atom is -0.470 e. The molecule has 3 heteroatoms. The Balaban J connectivity index is 2.11. The molecule has 2 rings (SSSR count). The van der Waals surface area contributed by atoms with Crippen LogP contribution in [0.1, 0.15) is 6.92 Å². The van der Waals surface area contributed by atoms with E-state index in [2.05, 4.69) is 17.1 Å². The average molecular weight is 166 g/mol. The Morgan fingerprint density at radius 1 is 1.67 bits per heavy atom. The number of piperazine rings is 1. The highest BCUT2D eigenvalue weighted by Gasteiger charge is 2.18. The largest absolute Gasteiger partial charge is 0.470 e. The van der Waals surface area contributed by atoms with Crippen molar-refractivity contribution in [3.05, 3.63) is 18.6 Å². The molecule has 0 aromatic carbocycles. The molecule has 1 unspecified atom stereocenters. The third-order valence-corrected chi connectivity index (χ3v) is 2.34. The van der Waals surface area contributed by atoms with Crippen LogP contribution >= 0.6 is 0 Å². The maximum absolute atomic E-state index is 5.05. The molecule has 3 nitrogen and oxygen atoms in total. The summed E-state index contributed by atoms with van der Waals surface area (Å²) in [5.74, 6) is 0. The first-order valence-electron chi connectivity index (χ1n) is 4.37. The van der Waals surface area contributed by atoms with E-state index in [1.54, 1.807) is 6.26 Å². The summed E-state index contributed by atoms with van der Waals surface area (Å²) in [6.45, 7) is 5.42. The number of hydrogen-bond donors (Lipinski definition) is 1. The second-order valence-electron chi connectivity index (χ2n) is 3.23. The normalized spacial score (nSPS) is 24.4. The van der Waals surface area contributed by atoms with E-state index in [-0.39, 0.29) is 0 Å². The summed E-state index contributed by atoms with van der Waals surface area (Å²) in [6, 6.07) is 2.58. The van der Waals surface area contributed by atoms with Crippen molar-refractivity contribution in [3.8, 4) is 0 Å². The molecule has 1 aliphatic heterocycles. The van der Waals surface area contributed by atoms with Crippen LogP contribution in [0.4, 0.5) is 5.69 Å². The first-order valence-corrected chi connectivity index (χ1v) is 4.37. The monoisotopic (exact) mass is 166 g/mol. The summed E-state index contributed by atoms with van der Waals surface area (Å²) in [6.07, 6.45) is 3.53. The van der Waals surface area contributed by atoms with Gasteiger partial charge in [0.25, 0.3) is 0 Å². The van der Waals surface area contributed by atoms with E-state index in [9.17, 15) is 0 Å². The zero-order valence-electron chi connectivity index (χ0n) is 7.29. The van der Waals surface area contributed by atoms with Gasteiger partial charge in [0.15, 0.2) is 0 Å². The maximum Gasteiger partial charge on any atom is 0.114 e. The molecule has 12 heavy (non-hydrogen) atoms. The lowest BCUT2D eigenvalue weighted by Gasteiger charge is -2.34. The first kappa shape index (κ1) is 7.68. The van der Waals surface area contributed by atoms with Crippen molar-refractivity contribution < 1.29 is 4.42 Å². The van der Waals surface area contributed by atoms with E-state index < -0.39 is 0 Å². The van der Waals surface area contributed by atoms with E-state index in [0.29, 0.717) is 6.04 Å². The Hall–Kier alpha value is -0.960. The van der Waals surface area contributed by atoms with Gasteiger partial charge in [-0.2, -0.15) is 0 Å². The van der Waals surface area contributed by atoms with Crippen molar-refractivity contribution >= 4 is 5.69 Å². The summed E-state index contributed by atoms with van der Waals surface area (Å²) < 4.78 is 5.05. The Kier molecular flexibility index (Phi) is 2.04. The van der Waals surface area contributed by atoms with Crippen LogP contribution in [0.5, 0.6) is 0 Å². The molecule has 1 fully saturated rings. The summed E-state index contributed by atoms with van der Waals surface area (Å²) in [5, 5.41) is 3.35. The van der Waals surface area contributed by atoms with Gasteiger partial charge in [-0.25, -0.2) is 0 Å². The molecule has 1 aliphatic rings. The lowest BCUT2D eigenvalue weighted by atomic mass is 10.2. The SMILES string of the molecule is CC1CNCCN1c1ccoc1. The quantitative estimate of drug-likeness (QED) is 0.676. The molecule has 0 bridgehead atoms. The molecule has 1 aromatic heterocycles. The molecule has 1 saturated heterocycles. The van der Waals surface area contributed by atoms with Gasteiger partial charge in [-0.3, -0.25) is 0 Å². The summed E-state index contributed by atoms with van der Waals surface area (Å²) in [5.41, 5.74) is 1.20. The fourth-order valence-electron chi connectivity index (χ4n) is 1.65. The Labute approximate surface area is 72.4 Å². The predicted molar refractivity (Wildman–Crippen MR) is 48.4 cm³/mol. The van der Waals surface area contributed by atoms with E-state index in [0.717, 1.165) is 19.6 Å². The molecule has 1 N–H and O–H groups in total. The van der Waals surface area contributed by atoms with E-state index in [1.807, 2.05) is 12.3 Å². The van der Waals surface area contributed by atoms with Crippen molar-refractivity contribution in [1.82, 2.24) is 5.32 Å². The van der Waals surface area contributed by atoms with Crippen molar-refractivity contribution in [1.29, 1.82) is 0 Å². The highest BCUT2D eigenvalue weighted by atomic mass is 16.3. The van der Waals surface area contributed by atoms with Gasteiger partial charge in [-0.05, 0) is 13.0 Å². The van der Waals surface area contributed by atoms with Gasteiger partial charge in [0, 0.05) is 25.7 Å². The van der Waals surface area contributed by atoms with Gasteiger partial charge in [0.2, 0.25) is 0 Å². The minimum absolute atomic E-state index is 0.566. The fourth-order valence-corrected chi connectivity index (χ4v) is 1.65. The molecule has 0 radical (unpaired) electrons. The van der Waals surface area contributed by atoms with Crippen LogP contribution in [0.15, 0.2) is 23.0 Å². The molecule has 2 heterocycles. The zero-order chi connectivity index (χ0) is 8.39. The van der Waals surface area contributed by atoms with Gasteiger partial charge in [0.1, 0.15) is 6.26 Å². The maximum atomic E-state index is 5.05. The second-order valence-corrected chi connectivity index (χ2v) is 3.23. The minimum atomic E-state index is 0.566. The standard InChI is InChI=1S/C9H14N2O/c1-8-6-10-3-4-11(8)9-2-5-12-7-9/h2,5,7-8,10H,3-4,6H2,1H3. The number of anilines is 1. The molecule has 0 spiro atoms. The topological polar surface area (TPSA) is 28.4 Å². The molecule has 0 saturated carbocycles. The molecular weight excluding hydrogens is 152 g/mol. The zero-order valence-corrected chi connectivity index (χ0v) is 7.29. The number of hydrogen-bond acceptors (Lipinski definition) is 3. The van der Waals surface area contributed by atoms with E-state index >= 15 is 0 Å². The number of nitrogens with zero attached hydrogens (tertiary/aromatic N) is 1. The lowest BCUT2D eigenvalue weighted by Crippen LogP contribution is -2.49. The molecule has 66 valence electrons. The number of nitrogens with one attached hydrogen (secondary N) is 1. The number of furan rings is 1. The highest BCUT2D eigenvalue weighted by Crippen LogP contribution is 2.17. The predicted octanol–water partition coefficient (Wildman–Crippen LogP) is 1.08. The molecule has 1 aromatic rings. The van der Waals surface area contributed by atoms with Crippen LogP contribution in [0, 0.1) is 0 Å². The molecule has 0 aliphatic carbocycles. The smallest absolute Gasteiger partial charge is 0.114 e. The van der Waals surface area contributed by atoms with Crippen molar-refractivity contribution in [2.24, 2.45) is 0 Å². The third kappa shape index (κ3) is 1.32. The highest BCUT2D eigenvalue weighted by molar-refractivity contribution is 5.44. The first-order chi connectivity index (χ1) is 5.88. The van der Waals surface area contributed by atoms with Crippen molar-refractivity contribution in [2.75, 3.05) is 24.5 Å². The van der Waals surface area contributed by atoms with Crippen LogP contribution in [0.25, 0.3) is 0 Å². The fraction of sp³-hybridized carbons (Fsp3) is 0.556. The van der Waals surface area contributed by atoms with Crippen LogP contribution in [-0.2, 0) is 0 Å².